The van der Waals surface area contributed by atoms with Crippen LogP contribution >= 0.6 is 0 Å². The third-order valence-electron chi connectivity index (χ3n) is 10.1. The molecule has 0 fully saturated rings. The number of carbonyl (C=O) groups excluding carboxylic acids is 4. The maximum atomic E-state index is 12.6. The number of carbonyl (C=O) groups is 7. The Hall–Kier alpha value is -7.17. The Balaban J connectivity index is 0. The van der Waals surface area contributed by atoms with Gasteiger partial charge in [-0.2, -0.15) is 0 Å². The number of hydrogen-bond acceptors (Lipinski definition) is 21. The summed E-state index contributed by atoms with van der Waals surface area (Å²) in [6.07, 6.45) is -19.7. The van der Waals surface area contributed by atoms with E-state index in [1.54, 1.807) is 12.1 Å². The molecule has 26 heteroatoms. The summed E-state index contributed by atoms with van der Waals surface area (Å²) >= 11 is 0. The predicted octanol–water partition coefficient (Wildman–Crippen LogP) is 3.35. The fourth-order valence-electron chi connectivity index (χ4n) is 5.74. The van der Waals surface area contributed by atoms with Gasteiger partial charge in [-0.05, 0) is 174 Å². The Morgan fingerprint density at radius 2 is 0.866 bits per heavy atom. The molecule has 3 rings (SSSR count). The van der Waals surface area contributed by atoms with E-state index in [2.05, 4.69) is 47.3 Å². The van der Waals surface area contributed by atoms with Gasteiger partial charge >= 0.3 is 29.8 Å². The van der Waals surface area contributed by atoms with E-state index in [9.17, 15) is 38.7 Å². The molecule has 0 aliphatic carbocycles. The fraction of sp³-hybridized carbons (Fsp3) is 0.554. The molecule has 0 aliphatic heterocycles. The van der Waals surface area contributed by atoms with Gasteiger partial charge in [0.1, 0.15) is 46.0 Å². The molecule has 0 heterocycles. The van der Waals surface area contributed by atoms with E-state index in [1.165, 1.54) is 120 Å². The summed E-state index contributed by atoms with van der Waals surface area (Å²) in [6, 6.07) is 8.79. The van der Waals surface area contributed by atoms with Crippen LogP contribution in [-0.4, -0.2) is 185 Å². The first kappa shape index (κ1) is 51.7. The lowest BCUT2D eigenvalue weighted by atomic mass is 10.1. The quantitative estimate of drug-likeness (QED) is 0.0301. The van der Waals surface area contributed by atoms with Crippen molar-refractivity contribution < 1.29 is 94.5 Å². The molecule has 0 aromatic heterocycles. The van der Waals surface area contributed by atoms with Crippen LogP contribution in [0.2, 0.25) is 0 Å². The number of anilines is 3. The molecule has 0 bridgehead atoms. The molecular formula is C56H95N11O15. The summed E-state index contributed by atoms with van der Waals surface area (Å²) < 4.78 is 147. The predicted molar refractivity (Wildman–Crippen MR) is 318 cm³/mol. The number of likely N-dealkylation sites (N-methyl/N-ethyl adjacent to an activating group) is 3. The van der Waals surface area contributed by atoms with Crippen LogP contribution in [0.25, 0.3) is 0 Å². The van der Waals surface area contributed by atoms with Crippen molar-refractivity contribution in [2.24, 2.45) is 11.5 Å². The second kappa shape index (κ2) is 47.5. The highest BCUT2D eigenvalue weighted by Gasteiger charge is 2.21. The molecule has 0 aliphatic rings. The van der Waals surface area contributed by atoms with E-state index >= 15 is 0 Å². The van der Waals surface area contributed by atoms with Crippen LogP contribution in [0.1, 0.15) is 130 Å². The summed E-state index contributed by atoms with van der Waals surface area (Å²) in [6.45, 7) is -1.10. The highest BCUT2D eigenvalue weighted by Crippen LogP contribution is 2.25. The number of aromatic carboxylic acids is 1. The lowest BCUT2D eigenvalue weighted by Crippen LogP contribution is -2.38. The minimum Gasteiger partial charge on any atom is -0.496 e. The van der Waals surface area contributed by atoms with Gasteiger partial charge in [0, 0.05) is 39.0 Å². The number of carboxylic acids is 3. The molecule has 3 aromatic carbocycles. The van der Waals surface area contributed by atoms with Gasteiger partial charge in [-0.3, -0.25) is 19.2 Å². The molecule has 0 saturated heterocycles. The van der Waals surface area contributed by atoms with Crippen LogP contribution in [0.15, 0.2) is 54.6 Å². The highest BCUT2D eigenvalue weighted by molar-refractivity contribution is 5.99. The molecular weight excluding hydrogens is 1070 g/mol. The van der Waals surface area contributed by atoms with Gasteiger partial charge in [0.05, 0.1) is 47.6 Å². The third kappa shape index (κ3) is 32.9. The molecule has 0 spiro atoms. The van der Waals surface area contributed by atoms with Crippen molar-refractivity contribution in [2.45, 2.75) is 101 Å². The van der Waals surface area contributed by atoms with Gasteiger partial charge in [0.2, 0.25) is 11.8 Å². The van der Waals surface area contributed by atoms with Gasteiger partial charge in [-0.25, -0.2) is 14.4 Å². The average Bonchev–Trinajstić information content (AvgIpc) is 0.827. The van der Waals surface area contributed by atoms with Crippen LogP contribution < -0.4 is 73.9 Å². The number of rotatable bonds is 34. The maximum absolute atomic E-state index is 12.6. The van der Waals surface area contributed by atoms with Crippen LogP contribution in [0.4, 0.5) is 17.1 Å². The summed E-state index contributed by atoms with van der Waals surface area (Å²) in [7, 11) is 15.7. The van der Waals surface area contributed by atoms with E-state index in [4.69, 9.17) is 68.3 Å². The second-order valence-corrected chi connectivity index (χ2v) is 15.9. The number of amides is 2. The van der Waals surface area contributed by atoms with E-state index in [0.29, 0.717) is 22.7 Å². The lowest BCUT2D eigenvalue weighted by molar-refractivity contribution is -0.140. The summed E-state index contributed by atoms with van der Waals surface area (Å²) in [5.74, 6) is -5.14. The largest absolute Gasteiger partial charge is 0.496 e. The van der Waals surface area contributed by atoms with Gasteiger partial charge in [0.25, 0.3) is 0 Å². The highest BCUT2D eigenvalue weighted by atomic mass is 16.5. The standard InChI is InChI=1S/C17H27N3O4.C16H25N3O4.C9H11NO3.C8H18N2O2.C6H14N2O2/c1-18-10-6-5-7-14(19-2)16(21)20-12-8-9-15(23-3)13(11-12)17(22)24-4;1-17-9-5-4-6-13(18-2)15(20)19-11-7-8-14(23-3)12(10-11)16(21)22;1-12-8-4-3-6(10)5-7(8)9(11)13-2;1-9-6-4-3-5-7(10-2)8(11)12;7-4-2-1-3-5(8)6(9)10/h8-9,11,14,18-19H,5-7,10H2,1-4H3,(H,20,21);7-8,10,13,17-18H,4-6,9H2,1-3H3,(H,19,20)(H,21,22);3-5H,10H2,1-2H3;7,9-10H,3-6H2,1-2H3,(H,11,12);5H,1-4,7-8H2,(H,9,10)/t14-;13-;;7-;5-/m00.00/s1/i5D2,6D2;4D2,5D2;;3D2,4D2;1D2,2D2. The summed E-state index contributed by atoms with van der Waals surface area (Å²) in [5, 5.41) is 47.1. The molecule has 26 nitrogen and oxygen atoms in total. The van der Waals surface area contributed by atoms with Crippen LogP contribution in [-0.2, 0) is 28.7 Å². The molecule has 2 amide bonds. The number of aliphatic carboxylic acids is 2. The van der Waals surface area contributed by atoms with Crippen molar-refractivity contribution in [1.29, 1.82) is 0 Å². The van der Waals surface area contributed by atoms with Crippen molar-refractivity contribution in [1.82, 2.24) is 31.9 Å². The van der Waals surface area contributed by atoms with Gasteiger partial charge < -0.3 is 98.7 Å². The minimum atomic E-state index is -2.35. The summed E-state index contributed by atoms with van der Waals surface area (Å²) in [4.78, 5) is 80.5. The van der Waals surface area contributed by atoms with E-state index < -0.39 is 143 Å². The van der Waals surface area contributed by atoms with Crippen LogP contribution in [0.5, 0.6) is 17.2 Å². The number of nitrogens with two attached hydrogens (primary N) is 3. The molecule has 4 atom stereocenters. The SMILES string of the molecule is COC(=O)c1cc(N)ccc1OC.[2H]C([2H])(CN)C([2H])([2H])C[C@H](N)C(=O)O.[2H]C([2H])(CNC)C([2H])([2H])C[C@H](NC)C(=O)Nc1ccc(OC)c(C(=O)O)c1.[2H]C([2H])(CNC)C([2H])([2H])C[C@H](NC)C(=O)Nc1ccc(OC)c(C(=O)OC)c1.[2H]C([2H])(CNC)C([2H])([2H])C[C@H](NC)C(=O)O. The molecule has 464 valence electrons. The Bertz CT molecular complexity index is 3060. The van der Waals surface area contributed by atoms with E-state index in [-0.39, 0.29) is 54.4 Å². The van der Waals surface area contributed by atoms with E-state index in [1.807, 2.05) is 0 Å². The molecule has 0 radical (unpaired) electrons. The Kier molecular flexibility index (Phi) is 29.9. The smallest absolute Gasteiger partial charge is 0.341 e. The number of benzene rings is 3. The first-order chi connectivity index (χ1) is 45.0. The third-order valence-corrected chi connectivity index (χ3v) is 10.1. The van der Waals surface area contributed by atoms with Gasteiger partial charge in [-0.15, -0.1) is 0 Å². The van der Waals surface area contributed by atoms with Gasteiger partial charge in [-0.1, -0.05) is 25.5 Å². The van der Waals surface area contributed by atoms with Crippen molar-refractivity contribution in [3.8, 4) is 17.2 Å². The second-order valence-electron chi connectivity index (χ2n) is 15.9. The first-order valence-corrected chi connectivity index (χ1v) is 24.7. The number of esters is 2. The number of ether oxygens (including phenoxy) is 5. The maximum Gasteiger partial charge on any atom is 0.341 e. The molecule has 0 unspecified atom stereocenters. The average molecular weight is 1180 g/mol. The zero-order valence-electron chi connectivity index (χ0n) is 64.1. The minimum absolute atomic E-state index is 0.128. The summed E-state index contributed by atoms with van der Waals surface area (Å²) in [5.41, 5.74) is 17.0. The first-order valence-electron chi connectivity index (χ1n) is 32.7. The van der Waals surface area contributed by atoms with Gasteiger partial charge in [0.15, 0.2) is 0 Å². The topological polar surface area (TPSA) is 401 Å². The molecule has 3 aromatic rings. The Morgan fingerprint density at radius 3 is 1.21 bits per heavy atom. The zero-order valence-corrected chi connectivity index (χ0v) is 48.1. The van der Waals surface area contributed by atoms with Crippen LogP contribution in [0.3, 0.4) is 0 Å². The van der Waals surface area contributed by atoms with Crippen LogP contribution in [0, 0.1) is 0 Å². The van der Waals surface area contributed by atoms with Crippen molar-refractivity contribution in [3.05, 3.63) is 71.3 Å². The fourth-order valence-corrected chi connectivity index (χ4v) is 5.74. The number of nitrogen functional groups attached to an aromatic ring is 1. The molecule has 17 N–H and O–H groups in total. The number of methoxy groups -OCH3 is 5. The number of carboxylic acid groups (broad SMARTS) is 3. The Morgan fingerprint density at radius 1 is 0.500 bits per heavy atom. The van der Waals surface area contributed by atoms with Crippen molar-refractivity contribution in [3.63, 3.8) is 0 Å². The number of nitrogens with one attached hydrogen (secondary N) is 8. The monoisotopic (exact) mass is 1180 g/mol. The molecule has 82 heavy (non-hydrogen) atoms. The number of hydrogen-bond donors (Lipinski definition) is 14. The normalized spacial score (nSPS) is 16.0. The molecule has 0 saturated carbocycles. The zero-order chi connectivity index (χ0) is 76.8. The van der Waals surface area contributed by atoms with E-state index in [0.717, 1.165) is 0 Å². The Labute approximate surface area is 505 Å². The lowest BCUT2D eigenvalue weighted by Gasteiger charge is -2.17. The van der Waals surface area contributed by atoms with Crippen molar-refractivity contribution >= 4 is 58.7 Å². The van der Waals surface area contributed by atoms with Crippen molar-refractivity contribution in [2.75, 3.05) is 120 Å².